The van der Waals surface area contributed by atoms with Gasteiger partial charge in [0.05, 0.1) is 6.54 Å². The zero-order valence-electron chi connectivity index (χ0n) is 9.04. The molecule has 0 aliphatic heterocycles. The van der Waals surface area contributed by atoms with Gasteiger partial charge in [-0.15, -0.1) is 0 Å². The zero-order valence-corrected chi connectivity index (χ0v) is 9.04. The summed E-state index contributed by atoms with van der Waals surface area (Å²) in [5.41, 5.74) is 4.90. The van der Waals surface area contributed by atoms with E-state index >= 15 is 0 Å². The molecule has 0 radical (unpaired) electrons. The van der Waals surface area contributed by atoms with Crippen molar-refractivity contribution in [1.82, 2.24) is 5.32 Å². The molecular weight excluding hydrogens is 196 g/mol. The Kier molecular flexibility index (Phi) is 4.23. The number of likely N-dealkylation sites (N-methyl/N-ethyl adjacent to an activating group) is 1. The predicted molar refractivity (Wildman–Crippen MR) is 55.0 cm³/mol. The van der Waals surface area contributed by atoms with Crippen LogP contribution in [-0.2, 0) is 14.3 Å². The molecule has 0 aromatic rings. The van der Waals surface area contributed by atoms with Crippen LogP contribution in [0.15, 0.2) is 0 Å². The van der Waals surface area contributed by atoms with Gasteiger partial charge in [-0.2, -0.15) is 0 Å². The molecule has 1 aliphatic carbocycles. The molecule has 0 aromatic carbocycles. The number of esters is 2. The van der Waals surface area contributed by atoms with Gasteiger partial charge < -0.3 is 15.8 Å². The van der Waals surface area contributed by atoms with E-state index in [0.717, 1.165) is 12.8 Å². The normalized spacial score (nSPS) is 18.8. The van der Waals surface area contributed by atoms with Crippen molar-refractivity contribution in [2.45, 2.75) is 38.1 Å². The molecule has 0 atom stereocenters. The van der Waals surface area contributed by atoms with Gasteiger partial charge in [-0.05, 0) is 19.4 Å². The third kappa shape index (κ3) is 3.28. The Morgan fingerprint density at radius 1 is 1.40 bits per heavy atom. The van der Waals surface area contributed by atoms with E-state index in [9.17, 15) is 9.59 Å². The molecule has 0 spiro atoms. The van der Waals surface area contributed by atoms with Gasteiger partial charge in [0.15, 0.2) is 0 Å². The molecule has 1 saturated carbocycles. The van der Waals surface area contributed by atoms with Gasteiger partial charge in [0.2, 0.25) is 0 Å². The highest BCUT2D eigenvalue weighted by molar-refractivity contribution is 5.91. The largest absolute Gasteiger partial charge is 0.391 e. The Labute approximate surface area is 89.3 Å². The topological polar surface area (TPSA) is 81.4 Å². The minimum Gasteiger partial charge on any atom is -0.391 e. The Bertz CT molecular complexity index is 247. The molecule has 5 nitrogen and oxygen atoms in total. The minimum atomic E-state index is -0.929. The molecule has 0 bridgehead atoms. The second-order valence-corrected chi connectivity index (χ2v) is 3.91. The average Bonchev–Trinajstić information content (AvgIpc) is 2.63. The maximum atomic E-state index is 11.5. The van der Waals surface area contributed by atoms with Gasteiger partial charge in [-0.25, -0.2) is 4.79 Å². The van der Waals surface area contributed by atoms with E-state index in [1.807, 2.05) is 6.92 Å². The van der Waals surface area contributed by atoms with Crippen LogP contribution in [0.3, 0.4) is 0 Å². The molecule has 0 aromatic heterocycles. The first-order valence-corrected chi connectivity index (χ1v) is 5.33. The first-order valence-electron chi connectivity index (χ1n) is 5.33. The second-order valence-electron chi connectivity index (χ2n) is 3.91. The van der Waals surface area contributed by atoms with Crippen molar-refractivity contribution in [3.8, 4) is 0 Å². The standard InChI is InChI=1S/C10H18N2O3/c1-2-12-7-8(13)15-9(14)10(11)5-3-4-6-10/h12H,2-7,11H2,1H3. The molecule has 0 heterocycles. The van der Waals surface area contributed by atoms with Crippen molar-refractivity contribution in [1.29, 1.82) is 0 Å². The molecule has 0 amide bonds. The third-order valence-electron chi connectivity index (χ3n) is 2.63. The van der Waals surface area contributed by atoms with Crippen LogP contribution in [0, 0.1) is 0 Å². The van der Waals surface area contributed by atoms with Crippen LogP contribution in [0.1, 0.15) is 32.6 Å². The molecule has 15 heavy (non-hydrogen) atoms. The Morgan fingerprint density at radius 3 is 2.53 bits per heavy atom. The fraction of sp³-hybridized carbons (Fsp3) is 0.800. The van der Waals surface area contributed by atoms with E-state index in [0.29, 0.717) is 19.4 Å². The van der Waals surface area contributed by atoms with Crippen LogP contribution in [0.25, 0.3) is 0 Å². The summed E-state index contributed by atoms with van der Waals surface area (Å²) >= 11 is 0. The molecule has 1 fully saturated rings. The van der Waals surface area contributed by atoms with Gasteiger partial charge in [-0.1, -0.05) is 19.8 Å². The van der Waals surface area contributed by atoms with Crippen LogP contribution >= 0.6 is 0 Å². The van der Waals surface area contributed by atoms with E-state index in [1.165, 1.54) is 0 Å². The van der Waals surface area contributed by atoms with Crippen molar-refractivity contribution in [3.63, 3.8) is 0 Å². The summed E-state index contributed by atoms with van der Waals surface area (Å²) in [4.78, 5) is 22.7. The molecule has 86 valence electrons. The number of rotatable bonds is 4. The molecule has 1 aliphatic rings. The minimum absolute atomic E-state index is 0.0539. The Hall–Kier alpha value is -0.940. The summed E-state index contributed by atoms with van der Waals surface area (Å²) in [7, 11) is 0. The highest BCUT2D eigenvalue weighted by Crippen LogP contribution is 2.28. The van der Waals surface area contributed by atoms with E-state index in [1.54, 1.807) is 0 Å². The number of carbonyl (C=O) groups excluding carboxylic acids is 2. The van der Waals surface area contributed by atoms with E-state index in [2.05, 4.69) is 10.1 Å². The number of nitrogens with two attached hydrogens (primary N) is 1. The van der Waals surface area contributed by atoms with Gasteiger partial charge >= 0.3 is 11.9 Å². The summed E-state index contributed by atoms with van der Waals surface area (Å²) in [6.07, 6.45) is 3.07. The number of carbonyl (C=O) groups is 2. The second kappa shape index (κ2) is 5.23. The number of ether oxygens (including phenoxy) is 1. The zero-order chi connectivity index (χ0) is 11.3. The van der Waals surface area contributed by atoms with Crippen LogP contribution in [0.4, 0.5) is 0 Å². The summed E-state index contributed by atoms with van der Waals surface area (Å²) in [5.74, 6) is -1.14. The van der Waals surface area contributed by atoms with Gasteiger partial charge in [0.25, 0.3) is 0 Å². The van der Waals surface area contributed by atoms with Crippen LogP contribution in [-0.4, -0.2) is 30.6 Å². The van der Waals surface area contributed by atoms with Crippen LogP contribution in [0.5, 0.6) is 0 Å². The monoisotopic (exact) mass is 214 g/mol. The van der Waals surface area contributed by atoms with Crippen molar-refractivity contribution in [2.75, 3.05) is 13.1 Å². The molecular formula is C10H18N2O3. The van der Waals surface area contributed by atoms with Gasteiger partial charge in [-0.3, -0.25) is 4.79 Å². The lowest BCUT2D eigenvalue weighted by molar-refractivity contribution is -0.163. The average molecular weight is 214 g/mol. The number of hydrogen-bond acceptors (Lipinski definition) is 5. The van der Waals surface area contributed by atoms with Crippen molar-refractivity contribution >= 4 is 11.9 Å². The SMILES string of the molecule is CCNCC(=O)OC(=O)C1(N)CCCC1. The summed E-state index contributed by atoms with van der Waals surface area (Å²) in [5, 5.41) is 2.79. The van der Waals surface area contributed by atoms with Crippen LogP contribution in [0.2, 0.25) is 0 Å². The summed E-state index contributed by atoms with van der Waals surface area (Å²) in [6, 6.07) is 0. The number of hydrogen-bond donors (Lipinski definition) is 2. The van der Waals surface area contributed by atoms with E-state index in [4.69, 9.17) is 5.73 Å². The van der Waals surface area contributed by atoms with E-state index in [-0.39, 0.29) is 6.54 Å². The lowest BCUT2D eigenvalue weighted by atomic mass is 10.00. The van der Waals surface area contributed by atoms with Crippen molar-refractivity contribution in [2.24, 2.45) is 5.73 Å². The Morgan fingerprint density at radius 2 is 2.00 bits per heavy atom. The maximum Gasteiger partial charge on any atom is 0.333 e. The molecule has 1 rings (SSSR count). The molecule has 3 N–H and O–H groups in total. The molecule has 0 unspecified atom stereocenters. The van der Waals surface area contributed by atoms with Crippen LogP contribution < -0.4 is 11.1 Å². The lowest BCUT2D eigenvalue weighted by Crippen LogP contribution is -2.47. The van der Waals surface area contributed by atoms with E-state index < -0.39 is 17.5 Å². The first kappa shape index (κ1) is 12.1. The summed E-state index contributed by atoms with van der Waals surface area (Å²) in [6.45, 7) is 2.59. The predicted octanol–water partition coefficient (Wildman–Crippen LogP) is -0.0628. The first-order chi connectivity index (χ1) is 7.08. The quantitative estimate of drug-likeness (QED) is 0.506. The lowest BCUT2D eigenvalue weighted by Gasteiger charge is -2.19. The highest BCUT2D eigenvalue weighted by atomic mass is 16.6. The van der Waals surface area contributed by atoms with Gasteiger partial charge in [0.1, 0.15) is 5.54 Å². The number of nitrogens with one attached hydrogen (secondary N) is 1. The third-order valence-corrected chi connectivity index (χ3v) is 2.63. The van der Waals surface area contributed by atoms with Gasteiger partial charge in [0, 0.05) is 0 Å². The Balaban J connectivity index is 2.37. The smallest absolute Gasteiger partial charge is 0.333 e. The molecule has 5 heteroatoms. The fourth-order valence-electron chi connectivity index (χ4n) is 1.68. The molecule has 0 saturated heterocycles. The maximum absolute atomic E-state index is 11.5. The fourth-order valence-corrected chi connectivity index (χ4v) is 1.68. The highest BCUT2D eigenvalue weighted by Gasteiger charge is 2.39. The van der Waals surface area contributed by atoms with Crippen molar-refractivity contribution in [3.05, 3.63) is 0 Å². The van der Waals surface area contributed by atoms with Crippen molar-refractivity contribution < 1.29 is 14.3 Å². The summed E-state index contributed by atoms with van der Waals surface area (Å²) < 4.78 is 4.67.